The van der Waals surface area contributed by atoms with Crippen molar-refractivity contribution in [3.05, 3.63) is 24.3 Å². The summed E-state index contributed by atoms with van der Waals surface area (Å²) < 4.78 is 3.79. The first kappa shape index (κ1) is 6.54. The molecule has 1 aliphatic heterocycles. The molecule has 0 saturated carbocycles. The first-order valence-electron chi connectivity index (χ1n) is 3.10. The molecule has 3 nitrogen and oxygen atoms in total. The Hall–Kier alpha value is -1.16. The molecule has 0 amide bonds. The summed E-state index contributed by atoms with van der Waals surface area (Å²) in [6.45, 7) is 0. The van der Waals surface area contributed by atoms with E-state index in [1.165, 1.54) is 0 Å². The van der Waals surface area contributed by atoms with Gasteiger partial charge in [0, 0.05) is 4.90 Å². The van der Waals surface area contributed by atoms with Crippen LogP contribution in [0.3, 0.4) is 0 Å². The number of benzene rings is 1. The van der Waals surface area contributed by atoms with E-state index in [0.717, 1.165) is 10.6 Å². The fraction of sp³-hybridized carbons (Fsp3) is 0. The predicted octanol–water partition coefficient (Wildman–Crippen LogP) is 2.13. The van der Waals surface area contributed by atoms with Crippen LogP contribution in [0.4, 0.5) is 5.69 Å². The van der Waals surface area contributed by atoms with Crippen LogP contribution in [0, 0.1) is 0 Å². The molecule has 0 bridgehead atoms. The molecular formula is C7H5N2OS. The molecule has 11 heavy (non-hydrogen) atoms. The van der Waals surface area contributed by atoms with E-state index in [4.69, 9.17) is 0 Å². The van der Waals surface area contributed by atoms with Gasteiger partial charge in [-0.2, -0.15) is 0 Å². The summed E-state index contributed by atoms with van der Waals surface area (Å²) in [4.78, 5) is 11.2. The van der Waals surface area contributed by atoms with Crippen molar-refractivity contribution in [3.63, 3.8) is 0 Å². The summed E-state index contributed by atoms with van der Waals surface area (Å²) >= 11 is -1.11. The van der Waals surface area contributed by atoms with Crippen molar-refractivity contribution < 1.29 is 4.79 Å². The van der Waals surface area contributed by atoms with E-state index in [-0.39, 0.29) is 0 Å². The quantitative estimate of drug-likeness (QED) is 0.636. The first-order valence-corrected chi connectivity index (χ1v) is 4.40. The molecule has 2 rings (SSSR count). The minimum Gasteiger partial charge on any atom is -0.277 e. The van der Waals surface area contributed by atoms with Crippen molar-refractivity contribution in [2.45, 2.75) is 4.90 Å². The van der Waals surface area contributed by atoms with Crippen LogP contribution in [0.1, 0.15) is 0 Å². The Morgan fingerprint density at radius 2 is 2.18 bits per heavy atom. The monoisotopic (exact) mass is 165 g/mol. The third-order valence-corrected chi connectivity index (χ3v) is 2.71. The summed E-state index contributed by atoms with van der Waals surface area (Å²) in [6.07, 6.45) is 0. The van der Waals surface area contributed by atoms with Gasteiger partial charge in [-0.3, -0.25) is 4.79 Å². The number of fused-ring (bicyclic) bond motifs is 1. The summed E-state index contributed by atoms with van der Waals surface area (Å²) in [6, 6.07) is 7.47. The summed E-state index contributed by atoms with van der Waals surface area (Å²) in [5.41, 5.74) is 2.68. The van der Waals surface area contributed by atoms with E-state index < -0.39 is 11.1 Å². The standard InChI is InChI=1S/C7H5N2OS/c10-5-11-7-4-2-1-3-6(7)8-9-11/h1-4,11H. The smallest absolute Gasteiger partial charge is 0.270 e. The van der Waals surface area contributed by atoms with Crippen LogP contribution in [0.5, 0.6) is 0 Å². The van der Waals surface area contributed by atoms with Crippen molar-refractivity contribution in [2.75, 3.05) is 0 Å². The van der Waals surface area contributed by atoms with E-state index >= 15 is 0 Å². The van der Waals surface area contributed by atoms with Crippen LogP contribution in [0.25, 0.3) is 0 Å². The lowest BCUT2D eigenvalue weighted by atomic mass is 10.3. The molecule has 0 spiro atoms. The van der Waals surface area contributed by atoms with Gasteiger partial charge >= 0.3 is 0 Å². The third-order valence-electron chi connectivity index (χ3n) is 1.44. The van der Waals surface area contributed by atoms with Crippen molar-refractivity contribution >= 4 is 22.4 Å². The SMILES string of the molecule is O=[C][SH]1N=Nc2ccccc21. The highest BCUT2D eigenvalue weighted by atomic mass is 32.2. The molecule has 0 fully saturated rings. The van der Waals surface area contributed by atoms with Crippen LogP contribution >= 0.6 is 11.1 Å². The van der Waals surface area contributed by atoms with Crippen LogP contribution in [-0.2, 0) is 4.79 Å². The number of thiol groups is 1. The van der Waals surface area contributed by atoms with E-state index in [1.807, 2.05) is 29.9 Å². The zero-order valence-electron chi connectivity index (χ0n) is 5.56. The number of hydrogen-bond acceptors (Lipinski definition) is 3. The second-order valence-electron chi connectivity index (χ2n) is 2.08. The average Bonchev–Trinajstić information content (AvgIpc) is 2.47. The van der Waals surface area contributed by atoms with Crippen LogP contribution < -0.4 is 0 Å². The summed E-state index contributed by atoms with van der Waals surface area (Å²) in [5.74, 6) is 0. The molecule has 0 saturated heterocycles. The molecule has 1 aliphatic rings. The minimum absolute atomic E-state index is 0.807. The van der Waals surface area contributed by atoms with Crippen LogP contribution in [0.2, 0.25) is 0 Å². The Labute approximate surface area is 66.6 Å². The molecule has 1 heterocycles. The summed E-state index contributed by atoms with van der Waals surface area (Å²) in [7, 11) is 0. The first-order chi connectivity index (χ1) is 5.42. The molecule has 1 aromatic rings. The number of carbonyl (C=O) groups excluding carboxylic acids is 1. The zero-order chi connectivity index (χ0) is 7.68. The Kier molecular flexibility index (Phi) is 1.47. The maximum absolute atomic E-state index is 10.3. The van der Waals surface area contributed by atoms with Crippen LogP contribution in [0.15, 0.2) is 38.8 Å². The topological polar surface area (TPSA) is 41.8 Å². The zero-order valence-corrected chi connectivity index (χ0v) is 6.45. The fourth-order valence-corrected chi connectivity index (χ4v) is 1.92. The highest BCUT2D eigenvalue weighted by Gasteiger charge is 2.15. The highest BCUT2D eigenvalue weighted by Crippen LogP contribution is 2.47. The largest absolute Gasteiger partial charge is 0.277 e. The second kappa shape index (κ2) is 2.47. The van der Waals surface area contributed by atoms with Crippen LogP contribution in [-0.4, -0.2) is 5.62 Å². The van der Waals surface area contributed by atoms with Gasteiger partial charge in [-0.15, -0.1) is 9.63 Å². The number of nitrogens with zero attached hydrogens (tertiary/aromatic N) is 2. The lowest BCUT2D eigenvalue weighted by molar-refractivity contribution is 0.569. The molecule has 0 aliphatic carbocycles. The molecule has 0 aromatic heterocycles. The Balaban J connectivity index is 2.53. The number of rotatable bonds is 1. The van der Waals surface area contributed by atoms with Crippen molar-refractivity contribution in [2.24, 2.45) is 9.63 Å². The van der Waals surface area contributed by atoms with Crippen molar-refractivity contribution in [1.82, 2.24) is 0 Å². The Morgan fingerprint density at radius 3 is 3.00 bits per heavy atom. The molecule has 1 atom stereocenters. The van der Waals surface area contributed by atoms with Crippen molar-refractivity contribution in [1.29, 1.82) is 0 Å². The van der Waals surface area contributed by atoms with Gasteiger partial charge in [-0.1, -0.05) is 12.1 Å². The van der Waals surface area contributed by atoms with Gasteiger partial charge in [0.05, 0.1) is 0 Å². The Morgan fingerprint density at radius 1 is 1.36 bits per heavy atom. The maximum atomic E-state index is 10.3. The molecule has 1 unspecified atom stereocenters. The minimum atomic E-state index is -1.11. The molecule has 1 aromatic carbocycles. The van der Waals surface area contributed by atoms with Gasteiger partial charge < -0.3 is 0 Å². The van der Waals surface area contributed by atoms with Gasteiger partial charge in [0.25, 0.3) is 5.62 Å². The van der Waals surface area contributed by atoms with E-state index in [2.05, 4.69) is 9.63 Å². The fourth-order valence-electron chi connectivity index (χ4n) is 0.936. The van der Waals surface area contributed by atoms with E-state index in [1.54, 1.807) is 0 Å². The third kappa shape index (κ3) is 0.952. The lowest BCUT2D eigenvalue weighted by Crippen LogP contribution is -1.74. The van der Waals surface area contributed by atoms with Gasteiger partial charge in [0.15, 0.2) is 0 Å². The normalized spacial score (nSPS) is 23.1. The number of hydrogen-bond donors (Lipinski definition) is 1. The molecule has 4 heteroatoms. The van der Waals surface area contributed by atoms with Gasteiger partial charge in [0.2, 0.25) is 0 Å². The predicted molar refractivity (Wildman–Crippen MR) is 43.9 cm³/mol. The highest BCUT2D eigenvalue weighted by molar-refractivity contribution is 8.27. The average molecular weight is 165 g/mol. The van der Waals surface area contributed by atoms with Gasteiger partial charge in [-0.05, 0) is 23.2 Å². The lowest BCUT2D eigenvalue weighted by Gasteiger charge is -1.98. The summed E-state index contributed by atoms with van der Waals surface area (Å²) in [5, 5.41) is 3.84. The maximum Gasteiger partial charge on any atom is 0.270 e. The molecule has 0 N–H and O–H groups in total. The van der Waals surface area contributed by atoms with Gasteiger partial charge in [-0.25, -0.2) is 0 Å². The van der Waals surface area contributed by atoms with E-state index in [0.29, 0.717) is 0 Å². The Bertz CT molecular complexity index is 324. The van der Waals surface area contributed by atoms with Crippen molar-refractivity contribution in [3.8, 4) is 0 Å². The van der Waals surface area contributed by atoms with E-state index in [9.17, 15) is 4.79 Å². The van der Waals surface area contributed by atoms with Gasteiger partial charge in [0.1, 0.15) is 5.69 Å². The molecule has 55 valence electrons. The molecular weight excluding hydrogens is 160 g/mol. The molecule has 1 radical (unpaired) electrons. The second-order valence-corrected chi connectivity index (χ2v) is 3.55.